The molecule has 78 valence electrons. The Bertz CT molecular complexity index is 310. The number of hydrogen-bond acceptors (Lipinski definition) is 2. The van der Waals surface area contributed by atoms with Crippen molar-refractivity contribution in [3.63, 3.8) is 0 Å². The fourth-order valence-corrected chi connectivity index (χ4v) is 1.49. The molecule has 0 fully saturated rings. The lowest BCUT2D eigenvalue weighted by molar-refractivity contribution is 0.546. The van der Waals surface area contributed by atoms with Crippen molar-refractivity contribution in [3.8, 4) is 0 Å². The molecule has 1 heterocycles. The standard InChI is InChI=1S/C11H17BrN2/c1-9-6-5-7-10(13-9)14(4)11(2,3)8-12/h5-7H,8H2,1-4H3. The van der Waals surface area contributed by atoms with Crippen molar-refractivity contribution in [1.29, 1.82) is 0 Å². The largest absolute Gasteiger partial charge is 0.354 e. The Kier molecular flexibility index (Phi) is 3.53. The molecule has 0 atom stereocenters. The third-order valence-corrected chi connectivity index (χ3v) is 3.82. The number of alkyl halides is 1. The van der Waals surface area contributed by atoms with Crippen LogP contribution in [-0.2, 0) is 0 Å². The molecule has 1 rings (SSSR count). The summed E-state index contributed by atoms with van der Waals surface area (Å²) in [6.45, 7) is 6.38. The monoisotopic (exact) mass is 256 g/mol. The Morgan fingerprint density at radius 1 is 1.43 bits per heavy atom. The summed E-state index contributed by atoms with van der Waals surface area (Å²) in [5.74, 6) is 1.02. The SMILES string of the molecule is Cc1cccc(N(C)C(C)(C)CBr)n1. The van der Waals surface area contributed by atoms with E-state index in [-0.39, 0.29) is 5.54 Å². The second-order valence-corrected chi connectivity index (χ2v) is 4.70. The highest BCUT2D eigenvalue weighted by molar-refractivity contribution is 9.09. The Hall–Kier alpha value is -0.570. The molecule has 0 saturated carbocycles. The lowest BCUT2D eigenvalue weighted by Gasteiger charge is -2.35. The zero-order chi connectivity index (χ0) is 10.8. The lowest BCUT2D eigenvalue weighted by atomic mass is 10.1. The van der Waals surface area contributed by atoms with Crippen molar-refractivity contribution in [3.05, 3.63) is 23.9 Å². The molecule has 0 saturated heterocycles. The van der Waals surface area contributed by atoms with Gasteiger partial charge in [0.25, 0.3) is 0 Å². The van der Waals surface area contributed by atoms with E-state index in [9.17, 15) is 0 Å². The number of halogens is 1. The zero-order valence-electron chi connectivity index (χ0n) is 9.21. The molecule has 0 aliphatic carbocycles. The number of aryl methyl sites for hydroxylation is 1. The molecule has 3 heteroatoms. The quantitative estimate of drug-likeness (QED) is 0.774. The van der Waals surface area contributed by atoms with Crippen LogP contribution in [0.25, 0.3) is 0 Å². The molecule has 0 radical (unpaired) electrons. The second kappa shape index (κ2) is 4.30. The minimum atomic E-state index is 0.0841. The molecular formula is C11H17BrN2. The minimum Gasteiger partial charge on any atom is -0.354 e. The lowest BCUT2D eigenvalue weighted by Crippen LogP contribution is -2.43. The Morgan fingerprint density at radius 3 is 2.57 bits per heavy atom. The number of hydrogen-bond donors (Lipinski definition) is 0. The zero-order valence-corrected chi connectivity index (χ0v) is 10.8. The van der Waals surface area contributed by atoms with Crippen LogP contribution in [0, 0.1) is 6.92 Å². The first-order valence-electron chi connectivity index (χ1n) is 4.71. The summed E-state index contributed by atoms with van der Waals surface area (Å²) in [4.78, 5) is 6.68. The molecule has 2 nitrogen and oxygen atoms in total. The highest BCUT2D eigenvalue weighted by Crippen LogP contribution is 2.21. The third kappa shape index (κ3) is 2.47. The molecule has 1 aromatic heterocycles. The summed E-state index contributed by atoms with van der Waals surface area (Å²) in [5, 5.41) is 0.923. The molecule has 0 amide bonds. The number of pyridine rings is 1. The Labute approximate surface area is 94.5 Å². The maximum atomic E-state index is 4.49. The molecule has 0 aliphatic rings. The first-order valence-corrected chi connectivity index (χ1v) is 5.83. The number of anilines is 1. The van der Waals surface area contributed by atoms with Crippen LogP contribution >= 0.6 is 15.9 Å². The summed E-state index contributed by atoms with van der Waals surface area (Å²) < 4.78 is 0. The Balaban J connectivity index is 2.94. The molecule has 0 bridgehead atoms. The summed E-state index contributed by atoms with van der Waals surface area (Å²) in [5.41, 5.74) is 1.14. The number of rotatable bonds is 3. The van der Waals surface area contributed by atoms with Crippen molar-refractivity contribution in [2.24, 2.45) is 0 Å². The van der Waals surface area contributed by atoms with Crippen molar-refractivity contribution in [1.82, 2.24) is 4.98 Å². The molecule has 0 aromatic carbocycles. The molecule has 14 heavy (non-hydrogen) atoms. The van der Waals surface area contributed by atoms with Gasteiger partial charge in [-0.3, -0.25) is 0 Å². The summed E-state index contributed by atoms with van der Waals surface area (Å²) >= 11 is 3.52. The normalized spacial score (nSPS) is 11.5. The van der Waals surface area contributed by atoms with E-state index in [4.69, 9.17) is 0 Å². The van der Waals surface area contributed by atoms with Gasteiger partial charge in [0.15, 0.2) is 0 Å². The molecular weight excluding hydrogens is 240 g/mol. The van der Waals surface area contributed by atoms with Crippen molar-refractivity contribution >= 4 is 21.7 Å². The van der Waals surface area contributed by atoms with Gasteiger partial charge in [-0.05, 0) is 32.9 Å². The van der Waals surface area contributed by atoms with Gasteiger partial charge in [-0.2, -0.15) is 0 Å². The predicted molar refractivity (Wildman–Crippen MR) is 65.3 cm³/mol. The van der Waals surface area contributed by atoms with E-state index in [2.05, 4.69) is 46.7 Å². The van der Waals surface area contributed by atoms with Gasteiger partial charge < -0.3 is 4.90 Å². The molecule has 0 spiro atoms. The number of aromatic nitrogens is 1. The van der Waals surface area contributed by atoms with Crippen molar-refractivity contribution in [2.45, 2.75) is 26.3 Å². The van der Waals surface area contributed by atoms with E-state index >= 15 is 0 Å². The van der Waals surface area contributed by atoms with E-state index in [1.807, 2.05) is 25.1 Å². The molecule has 0 unspecified atom stereocenters. The van der Waals surface area contributed by atoms with E-state index < -0.39 is 0 Å². The van der Waals surface area contributed by atoms with Crippen LogP contribution in [0.4, 0.5) is 5.82 Å². The second-order valence-electron chi connectivity index (χ2n) is 4.14. The maximum absolute atomic E-state index is 4.49. The van der Waals surface area contributed by atoms with Crippen LogP contribution in [0.3, 0.4) is 0 Å². The van der Waals surface area contributed by atoms with E-state index in [1.54, 1.807) is 0 Å². The highest BCUT2D eigenvalue weighted by Gasteiger charge is 2.22. The van der Waals surface area contributed by atoms with Crippen LogP contribution < -0.4 is 4.90 Å². The topological polar surface area (TPSA) is 16.1 Å². The van der Waals surface area contributed by atoms with Gasteiger partial charge in [-0.1, -0.05) is 22.0 Å². The maximum Gasteiger partial charge on any atom is 0.128 e. The van der Waals surface area contributed by atoms with E-state index in [1.165, 1.54) is 0 Å². The van der Waals surface area contributed by atoms with Gasteiger partial charge in [0.1, 0.15) is 5.82 Å². The van der Waals surface area contributed by atoms with Crippen LogP contribution in [0.1, 0.15) is 19.5 Å². The highest BCUT2D eigenvalue weighted by atomic mass is 79.9. The van der Waals surface area contributed by atoms with Gasteiger partial charge in [0.05, 0.1) is 0 Å². The summed E-state index contributed by atoms with van der Waals surface area (Å²) in [6, 6.07) is 6.09. The van der Waals surface area contributed by atoms with E-state index in [0.717, 1.165) is 16.8 Å². The van der Waals surface area contributed by atoms with Gasteiger partial charge in [0.2, 0.25) is 0 Å². The van der Waals surface area contributed by atoms with Crippen LogP contribution in [-0.4, -0.2) is 22.9 Å². The fraction of sp³-hybridized carbons (Fsp3) is 0.545. The average molecular weight is 257 g/mol. The van der Waals surface area contributed by atoms with Crippen molar-refractivity contribution < 1.29 is 0 Å². The molecule has 0 aliphatic heterocycles. The smallest absolute Gasteiger partial charge is 0.128 e. The van der Waals surface area contributed by atoms with Gasteiger partial charge >= 0.3 is 0 Å². The van der Waals surface area contributed by atoms with Gasteiger partial charge in [0, 0.05) is 23.6 Å². The summed E-state index contributed by atoms with van der Waals surface area (Å²) in [7, 11) is 2.07. The van der Waals surface area contributed by atoms with E-state index in [0.29, 0.717) is 0 Å². The summed E-state index contributed by atoms with van der Waals surface area (Å²) in [6.07, 6.45) is 0. The van der Waals surface area contributed by atoms with Crippen LogP contribution in [0.15, 0.2) is 18.2 Å². The minimum absolute atomic E-state index is 0.0841. The van der Waals surface area contributed by atoms with Crippen molar-refractivity contribution in [2.75, 3.05) is 17.3 Å². The predicted octanol–water partition coefficient (Wildman–Crippen LogP) is 3.00. The Morgan fingerprint density at radius 2 is 2.07 bits per heavy atom. The van der Waals surface area contributed by atoms with Gasteiger partial charge in [-0.15, -0.1) is 0 Å². The van der Waals surface area contributed by atoms with Crippen LogP contribution in [0.2, 0.25) is 0 Å². The molecule has 1 aromatic rings. The first-order chi connectivity index (χ1) is 6.47. The fourth-order valence-electron chi connectivity index (χ4n) is 1.12. The molecule has 0 N–H and O–H groups in total. The van der Waals surface area contributed by atoms with Gasteiger partial charge in [-0.25, -0.2) is 4.98 Å². The third-order valence-electron chi connectivity index (χ3n) is 2.45. The first kappa shape index (κ1) is 11.5. The number of nitrogens with zero attached hydrogens (tertiary/aromatic N) is 2. The average Bonchev–Trinajstić information content (AvgIpc) is 2.16. The van der Waals surface area contributed by atoms with Crippen LogP contribution in [0.5, 0.6) is 0 Å².